The molecule has 0 bridgehead atoms. The van der Waals surface area contributed by atoms with Crippen LogP contribution in [0.15, 0.2) is 12.7 Å². The van der Waals surface area contributed by atoms with E-state index in [1.165, 1.54) is 6.08 Å². The zero-order valence-electron chi connectivity index (χ0n) is 7.98. The van der Waals surface area contributed by atoms with E-state index in [-0.39, 0.29) is 5.78 Å². The van der Waals surface area contributed by atoms with E-state index >= 15 is 0 Å². The minimum atomic E-state index is -1.03. The Morgan fingerprint density at radius 3 is 2.21 bits per heavy atom. The number of carboxylic acid groups (broad SMARTS) is 1. The lowest BCUT2D eigenvalue weighted by Crippen LogP contribution is -2.32. The molecule has 0 saturated carbocycles. The molecule has 0 amide bonds. The Morgan fingerprint density at radius 2 is 1.79 bits per heavy atom. The molecule has 5 N–H and O–H groups in total. The largest absolute Gasteiger partial charge is 0.480 e. The summed E-state index contributed by atoms with van der Waals surface area (Å²) in [6.07, 6.45) is 2.45. The van der Waals surface area contributed by atoms with Gasteiger partial charge in [-0.15, -0.1) is 0 Å². The summed E-state index contributed by atoms with van der Waals surface area (Å²) in [5, 5.41) is 8.46. The van der Waals surface area contributed by atoms with E-state index in [9.17, 15) is 9.59 Å². The van der Waals surface area contributed by atoms with E-state index in [0.29, 0.717) is 19.3 Å². The average molecular weight is 200 g/mol. The number of hydrogen-bond acceptors (Lipinski definition) is 4. The molecule has 0 radical (unpaired) electrons. The predicted octanol–water partition coefficient (Wildman–Crippen LogP) is -0.349. The highest BCUT2D eigenvalue weighted by Crippen LogP contribution is 2.03. The van der Waals surface area contributed by atoms with Crippen molar-refractivity contribution >= 4 is 11.8 Å². The van der Waals surface area contributed by atoms with Gasteiger partial charge in [-0.2, -0.15) is 0 Å². The molecule has 0 aliphatic carbocycles. The highest BCUT2D eigenvalue weighted by molar-refractivity contribution is 5.93. The second-order valence-corrected chi connectivity index (χ2v) is 3.09. The lowest BCUT2D eigenvalue weighted by Gasteiger charge is -2.09. The Balaban J connectivity index is 3.69. The molecule has 0 spiro atoms. The highest BCUT2D eigenvalue weighted by atomic mass is 16.4. The van der Waals surface area contributed by atoms with Crippen LogP contribution in [-0.2, 0) is 9.59 Å². The zero-order chi connectivity index (χ0) is 11.1. The molecule has 0 aliphatic heterocycles. The maximum absolute atomic E-state index is 10.9. The van der Waals surface area contributed by atoms with Crippen LogP contribution in [0, 0.1) is 0 Å². The fourth-order valence-corrected chi connectivity index (χ4v) is 0.975. The first-order chi connectivity index (χ1) is 6.49. The van der Waals surface area contributed by atoms with Gasteiger partial charge in [0.15, 0.2) is 5.78 Å². The minimum absolute atomic E-state index is 0.228. The first kappa shape index (κ1) is 12.8. The molecule has 5 nitrogen and oxygen atoms in total. The molecule has 0 aromatic carbocycles. The summed E-state index contributed by atoms with van der Waals surface area (Å²) in [4.78, 5) is 21.3. The molecule has 0 aliphatic rings. The summed E-state index contributed by atoms with van der Waals surface area (Å²) < 4.78 is 0. The van der Waals surface area contributed by atoms with Crippen LogP contribution in [0.1, 0.15) is 19.3 Å². The molecule has 0 saturated heterocycles. The summed E-state index contributed by atoms with van der Waals surface area (Å²) >= 11 is 0. The average Bonchev–Trinajstić information content (AvgIpc) is 2.15. The smallest absolute Gasteiger partial charge is 0.320 e. The van der Waals surface area contributed by atoms with Gasteiger partial charge in [0.2, 0.25) is 0 Å². The van der Waals surface area contributed by atoms with Gasteiger partial charge in [-0.1, -0.05) is 6.58 Å². The molecular weight excluding hydrogens is 184 g/mol. The number of rotatable bonds is 7. The van der Waals surface area contributed by atoms with Crippen molar-refractivity contribution in [2.45, 2.75) is 31.3 Å². The van der Waals surface area contributed by atoms with Crippen molar-refractivity contribution in [2.75, 3.05) is 0 Å². The van der Waals surface area contributed by atoms with Crippen LogP contribution in [0.4, 0.5) is 0 Å². The van der Waals surface area contributed by atoms with E-state index in [1.54, 1.807) is 0 Å². The molecule has 2 unspecified atom stereocenters. The highest BCUT2D eigenvalue weighted by Gasteiger charge is 2.13. The van der Waals surface area contributed by atoms with Crippen molar-refractivity contribution in [1.82, 2.24) is 0 Å². The second kappa shape index (κ2) is 6.28. The van der Waals surface area contributed by atoms with Gasteiger partial charge in [-0.3, -0.25) is 9.59 Å². The summed E-state index contributed by atoms with van der Waals surface area (Å²) in [6, 6.07) is -1.46. The second-order valence-electron chi connectivity index (χ2n) is 3.09. The third-order valence-electron chi connectivity index (χ3n) is 1.91. The topological polar surface area (TPSA) is 106 Å². The summed E-state index contributed by atoms with van der Waals surface area (Å²) in [6.45, 7) is 3.30. The van der Waals surface area contributed by atoms with E-state index in [1.807, 2.05) is 0 Å². The molecule has 0 rings (SSSR count). The van der Waals surface area contributed by atoms with E-state index in [4.69, 9.17) is 16.6 Å². The van der Waals surface area contributed by atoms with E-state index in [0.717, 1.165) is 0 Å². The normalized spacial score (nSPS) is 14.4. The molecular formula is C9H16N2O3. The SMILES string of the molecule is C=CC(=O)C(N)CCCC(N)C(=O)O. The molecule has 0 fully saturated rings. The Morgan fingerprint density at radius 1 is 1.29 bits per heavy atom. The van der Waals surface area contributed by atoms with E-state index in [2.05, 4.69) is 6.58 Å². The fraction of sp³-hybridized carbons (Fsp3) is 0.556. The van der Waals surface area contributed by atoms with Crippen molar-refractivity contribution in [2.24, 2.45) is 11.5 Å². The minimum Gasteiger partial charge on any atom is -0.480 e. The van der Waals surface area contributed by atoms with Gasteiger partial charge < -0.3 is 16.6 Å². The Hall–Kier alpha value is -1.20. The monoisotopic (exact) mass is 200 g/mol. The van der Waals surface area contributed by atoms with Crippen molar-refractivity contribution < 1.29 is 14.7 Å². The lowest BCUT2D eigenvalue weighted by atomic mass is 10.0. The molecule has 2 atom stereocenters. The van der Waals surface area contributed by atoms with Gasteiger partial charge in [0.1, 0.15) is 6.04 Å². The molecule has 0 heterocycles. The molecule has 0 aromatic heterocycles. The van der Waals surface area contributed by atoms with Gasteiger partial charge >= 0.3 is 5.97 Å². The summed E-state index contributed by atoms with van der Waals surface area (Å²) in [5.74, 6) is -1.26. The van der Waals surface area contributed by atoms with Crippen molar-refractivity contribution in [3.05, 3.63) is 12.7 Å². The fourth-order valence-electron chi connectivity index (χ4n) is 0.975. The van der Waals surface area contributed by atoms with Crippen LogP contribution in [0.3, 0.4) is 0 Å². The Kier molecular flexibility index (Phi) is 5.74. The third-order valence-corrected chi connectivity index (χ3v) is 1.91. The number of ketones is 1. The number of carbonyl (C=O) groups is 2. The number of aliphatic carboxylic acids is 1. The quantitative estimate of drug-likeness (QED) is 0.487. The standard InChI is InChI=1S/C9H16N2O3/c1-2-8(12)6(10)4-3-5-7(11)9(13)14/h2,6-7H,1,3-5,10-11H2,(H,13,14). The first-order valence-electron chi connectivity index (χ1n) is 4.39. The Labute approximate surface area is 82.8 Å². The lowest BCUT2D eigenvalue weighted by molar-refractivity contribution is -0.138. The molecule has 80 valence electrons. The predicted molar refractivity (Wildman–Crippen MR) is 52.6 cm³/mol. The zero-order valence-corrected chi connectivity index (χ0v) is 7.98. The number of nitrogens with two attached hydrogens (primary N) is 2. The first-order valence-corrected chi connectivity index (χ1v) is 4.39. The van der Waals surface area contributed by atoms with Crippen molar-refractivity contribution in [3.63, 3.8) is 0 Å². The van der Waals surface area contributed by atoms with Crippen LogP contribution in [0.5, 0.6) is 0 Å². The van der Waals surface area contributed by atoms with Gasteiger partial charge in [-0.25, -0.2) is 0 Å². The van der Waals surface area contributed by atoms with Gasteiger partial charge in [0.05, 0.1) is 6.04 Å². The maximum Gasteiger partial charge on any atom is 0.320 e. The molecule has 5 heteroatoms. The Bertz CT molecular complexity index is 228. The number of carbonyl (C=O) groups excluding carboxylic acids is 1. The number of hydrogen-bond donors (Lipinski definition) is 3. The summed E-state index contributed by atoms with van der Waals surface area (Å²) in [5.41, 5.74) is 10.7. The maximum atomic E-state index is 10.9. The molecule has 14 heavy (non-hydrogen) atoms. The van der Waals surface area contributed by atoms with Crippen molar-refractivity contribution in [1.29, 1.82) is 0 Å². The van der Waals surface area contributed by atoms with Crippen LogP contribution in [0.2, 0.25) is 0 Å². The van der Waals surface area contributed by atoms with Crippen LogP contribution < -0.4 is 11.5 Å². The molecule has 0 aromatic rings. The van der Waals surface area contributed by atoms with Gasteiger partial charge in [0, 0.05) is 0 Å². The van der Waals surface area contributed by atoms with Crippen LogP contribution in [-0.4, -0.2) is 28.9 Å². The number of carboxylic acids is 1. The van der Waals surface area contributed by atoms with Gasteiger partial charge in [0.25, 0.3) is 0 Å². The van der Waals surface area contributed by atoms with Crippen LogP contribution in [0.25, 0.3) is 0 Å². The third kappa shape index (κ3) is 4.74. The van der Waals surface area contributed by atoms with Gasteiger partial charge in [-0.05, 0) is 25.3 Å². The van der Waals surface area contributed by atoms with E-state index < -0.39 is 18.1 Å². The van der Waals surface area contributed by atoms with Crippen molar-refractivity contribution in [3.8, 4) is 0 Å². The van der Waals surface area contributed by atoms with Crippen LogP contribution >= 0.6 is 0 Å². The summed E-state index contributed by atoms with van der Waals surface area (Å²) in [7, 11) is 0.